The lowest BCUT2D eigenvalue weighted by molar-refractivity contribution is 0.0647. The molecule has 2 aromatic heterocycles. The van der Waals surface area contributed by atoms with Gasteiger partial charge < -0.3 is 0 Å². The molecule has 104 valence electrons. The Bertz CT molecular complexity index is 692. The van der Waals surface area contributed by atoms with Crippen LogP contribution in [0.1, 0.15) is 47.4 Å². The fraction of sp³-hybridized carbons (Fsp3) is 0.429. The summed E-state index contributed by atoms with van der Waals surface area (Å²) in [5, 5.41) is 7.21. The van der Waals surface area contributed by atoms with Crippen LogP contribution in [0, 0.1) is 5.92 Å². The van der Waals surface area contributed by atoms with Crippen LogP contribution in [0.4, 0.5) is 0 Å². The molecule has 20 heavy (non-hydrogen) atoms. The van der Waals surface area contributed by atoms with Crippen molar-refractivity contribution in [3.63, 3.8) is 0 Å². The average molecular weight is 272 g/mol. The van der Waals surface area contributed by atoms with Crippen LogP contribution in [-0.4, -0.2) is 38.4 Å². The number of aromatic nitrogens is 3. The molecule has 3 rings (SSSR count). The minimum Gasteiger partial charge on any atom is -0.274 e. The second-order valence-corrected chi connectivity index (χ2v) is 5.24. The zero-order valence-electron chi connectivity index (χ0n) is 11.5. The van der Waals surface area contributed by atoms with Crippen molar-refractivity contribution < 1.29 is 9.59 Å². The van der Waals surface area contributed by atoms with E-state index in [1.54, 1.807) is 6.20 Å². The molecule has 6 nitrogen and oxygen atoms in total. The number of fused-ring (bicyclic) bond motifs is 3. The Hall–Kier alpha value is -2.24. The maximum absolute atomic E-state index is 12.5. The van der Waals surface area contributed by atoms with E-state index in [4.69, 9.17) is 0 Å². The Labute approximate surface area is 116 Å². The van der Waals surface area contributed by atoms with Crippen molar-refractivity contribution in [3.05, 3.63) is 23.5 Å². The highest BCUT2D eigenvalue weighted by atomic mass is 16.2. The van der Waals surface area contributed by atoms with Gasteiger partial charge in [0, 0.05) is 12.7 Å². The summed E-state index contributed by atoms with van der Waals surface area (Å²) in [5.41, 5.74) is 1.35. The molecule has 0 aromatic carbocycles. The summed E-state index contributed by atoms with van der Waals surface area (Å²) in [5.74, 6) is 0.0115. The van der Waals surface area contributed by atoms with Crippen molar-refractivity contribution >= 4 is 22.8 Å². The first-order valence-corrected chi connectivity index (χ1v) is 6.81. The van der Waals surface area contributed by atoms with Crippen molar-refractivity contribution in [2.45, 2.75) is 26.7 Å². The number of hydrogen-bond donors (Lipinski definition) is 1. The summed E-state index contributed by atoms with van der Waals surface area (Å²) in [7, 11) is 0. The number of rotatable bonds is 4. The lowest BCUT2D eigenvalue weighted by Crippen LogP contribution is -2.31. The van der Waals surface area contributed by atoms with E-state index >= 15 is 0 Å². The molecule has 0 saturated carbocycles. The SMILES string of the molecule is CCC(C)CCN1C(=O)c2cnc3[nH]ncc3c2C1=O. The summed E-state index contributed by atoms with van der Waals surface area (Å²) >= 11 is 0. The number of nitrogens with zero attached hydrogens (tertiary/aromatic N) is 3. The van der Waals surface area contributed by atoms with Gasteiger partial charge in [0.05, 0.1) is 22.7 Å². The van der Waals surface area contributed by atoms with E-state index in [1.807, 2.05) is 0 Å². The second-order valence-electron chi connectivity index (χ2n) is 5.24. The molecule has 2 amide bonds. The molecular formula is C14H16N4O2. The zero-order chi connectivity index (χ0) is 14.3. The normalized spacial score (nSPS) is 16.0. The summed E-state index contributed by atoms with van der Waals surface area (Å²) < 4.78 is 0. The molecular weight excluding hydrogens is 256 g/mol. The first-order chi connectivity index (χ1) is 9.63. The number of hydrogen-bond acceptors (Lipinski definition) is 4. The highest BCUT2D eigenvalue weighted by molar-refractivity contribution is 6.25. The molecule has 0 saturated heterocycles. The number of amides is 2. The van der Waals surface area contributed by atoms with Crippen LogP contribution < -0.4 is 0 Å². The molecule has 0 bridgehead atoms. The first-order valence-electron chi connectivity index (χ1n) is 6.81. The van der Waals surface area contributed by atoms with Gasteiger partial charge in [-0.25, -0.2) is 4.98 Å². The topological polar surface area (TPSA) is 79.0 Å². The number of nitrogens with one attached hydrogen (secondary N) is 1. The largest absolute Gasteiger partial charge is 0.274 e. The van der Waals surface area contributed by atoms with Gasteiger partial charge in [0.2, 0.25) is 0 Å². The summed E-state index contributed by atoms with van der Waals surface area (Å²) in [6, 6.07) is 0. The first kappa shape index (κ1) is 12.8. The molecule has 0 radical (unpaired) electrons. The molecule has 0 spiro atoms. The Morgan fingerprint density at radius 2 is 2.10 bits per heavy atom. The van der Waals surface area contributed by atoms with E-state index < -0.39 is 0 Å². The molecule has 1 N–H and O–H groups in total. The average Bonchev–Trinajstić information content (AvgIpc) is 3.01. The second kappa shape index (κ2) is 4.70. The minimum absolute atomic E-state index is 0.234. The fourth-order valence-electron chi connectivity index (χ4n) is 2.42. The van der Waals surface area contributed by atoms with Crippen LogP contribution in [0.2, 0.25) is 0 Å². The highest BCUT2D eigenvalue weighted by Crippen LogP contribution is 2.28. The van der Waals surface area contributed by atoms with E-state index in [0.29, 0.717) is 34.6 Å². The van der Waals surface area contributed by atoms with Crippen LogP contribution in [0.5, 0.6) is 0 Å². The monoisotopic (exact) mass is 272 g/mol. The molecule has 1 unspecified atom stereocenters. The number of carbonyl (C=O) groups is 2. The van der Waals surface area contributed by atoms with Gasteiger partial charge >= 0.3 is 0 Å². The van der Waals surface area contributed by atoms with E-state index in [1.165, 1.54) is 11.1 Å². The molecule has 6 heteroatoms. The highest BCUT2D eigenvalue weighted by Gasteiger charge is 2.37. The summed E-state index contributed by atoms with van der Waals surface area (Å²) in [6.07, 6.45) is 4.87. The molecule has 1 atom stereocenters. The Balaban J connectivity index is 1.95. The Morgan fingerprint density at radius 1 is 1.30 bits per heavy atom. The summed E-state index contributed by atoms with van der Waals surface area (Å²) in [4.78, 5) is 30.2. The number of carbonyl (C=O) groups excluding carboxylic acids is 2. The van der Waals surface area contributed by atoms with Crippen molar-refractivity contribution in [1.29, 1.82) is 0 Å². The third-order valence-electron chi connectivity index (χ3n) is 3.96. The molecule has 0 aliphatic carbocycles. The quantitative estimate of drug-likeness (QED) is 0.863. The Kier molecular flexibility index (Phi) is 3.00. The minimum atomic E-state index is -0.246. The standard InChI is InChI=1S/C14H16N4O2/c1-3-8(2)4-5-18-13(19)10-6-15-12-9(7-16-17-12)11(10)14(18)20/h6-8H,3-5H2,1-2H3,(H,15,16,17). The van der Waals surface area contributed by atoms with Crippen LogP contribution in [0.3, 0.4) is 0 Å². The van der Waals surface area contributed by atoms with E-state index in [2.05, 4.69) is 29.0 Å². The van der Waals surface area contributed by atoms with E-state index in [-0.39, 0.29) is 11.8 Å². The molecule has 1 aliphatic heterocycles. The lowest BCUT2D eigenvalue weighted by atomic mass is 10.1. The third-order valence-corrected chi connectivity index (χ3v) is 3.96. The van der Waals surface area contributed by atoms with Crippen LogP contribution in [-0.2, 0) is 0 Å². The van der Waals surface area contributed by atoms with Gasteiger partial charge in [-0.05, 0) is 12.3 Å². The molecule has 0 fully saturated rings. The zero-order valence-corrected chi connectivity index (χ0v) is 11.5. The predicted octanol–water partition coefficient (Wildman–Crippen LogP) is 1.99. The van der Waals surface area contributed by atoms with Gasteiger partial charge in [-0.1, -0.05) is 20.3 Å². The summed E-state index contributed by atoms with van der Waals surface area (Å²) in [6.45, 7) is 4.68. The predicted molar refractivity (Wildman–Crippen MR) is 73.3 cm³/mol. The Morgan fingerprint density at radius 3 is 2.85 bits per heavy atom. The van der Waals surface area contributed by atoms with Gasteiger partial charge in [0.25, 0.3) is 11.8 Å². The fourth-order valence-corrected chi connectivity index (χ4v) is 2.42. The van der Waals surface area contributed by atoms with Crippen molar-refractivity contribution in [2.75, 3.05) is 6.54 Å². The molecule has 1 aliphatic rings. The number of pyridine rings is 1. The van der Waals surface area contributed by atoms with E-state index in [9.17, 15) is 9.59 Å². The van der Waals surface area contributed by atoms with Gasteiger partial charge in [-0.3, -0.25) is 19.6 Å². The van der Waals surface area contributed by atoms with Gasteiger partial charge in [0.1, 0.15) is 0 Å². The number of H-pyrrole nitrogens is 1. The van der Waals surface area contributed by atoms with Crippen molar-refractivity contribution in [2.24, 2.45) is 5.92 Å². The smallest absolute Gasteiger partial charge is 0.263 e. The van der Waals surface area contributed by atoms with Gasteiger partial charge in [-0.15, -0.1) is 0 Å². The molecule has 2 aromatic rings. The van der Waals surface area contributed by atoms with Gasteiger partial charge in [0.15, 0.2) is 5.65 Å². The maximum atomic E-state index is 12.5. The van der Waals surface area contributed by atoms with Crippen LogP contribution in [0.25, 0.3) is 11.0 Å². The number of imide groups is 1. The third kappa shape index (κ3) is 1.79. The van der Waals surface area contributed by atoms with Crippen molar-refractivity contribution in [1.82, 2.24) is 20.1 Å². The van der Waals surface area contributed by atoms with Crippen LogP contribution >= 0.6 is 0 Å². The lowest BCUT2D eigenvalue weighted by Gasteiger charge is -2.16. The van der Waals surface area contributed by atoms with E-state index in [0.717, 1.165) is 12.8 Å². The van der Waals surface area contributed by atoms with Crippen LogP contribution in [0.15, 0.2) is 12.4 Å². The van der Waals surface area contributed by atoms with Crippen molar-refractivity contribution in [3.8, 4) is 0 Å². The molecule has 3 heterocycles. The van der Waals surface area contributed by atoms with Gasteiger partial charge in [-0.2, -0.15) is 5.10 Å². The number of aromatic amines is 1. The maximum Gasteiger partial charge on any atom is 0.263 e.